The normalized spacial score (nSPS) is 11.3. The van der Waals surface area contributed by atoms with E-state index in [1.54, 1.807) is 0 Å². The molecule has 29 heavy (non-hydrogen) atoms. The van der Waals surface area contributed by atoms with Gasteiger partial charge in [-0.1, -0.05) is 35.3 Å². The molecular weight excluding hydrogens is 432 g/mol. The number of nitrogens with zero attached hydrogens (tertiary/aromatic N) is 1. The number of hydrogen-bond donors (Lipinski definition) is 1. The zero-order valence-electron chi connectivity index (χ0n) is 14.5. The van der Waals surface area contributed by atoms with Crippen LogP contribution in [-0.2, 0) is 6.54 Å². The summed E-state index contributed by atoms with van der Waals surface area (Å²) >= 11 is 12.2. The summed E-state index contributed by atoms with van der Waals surface area (Å²) in [5.41, 5.74) is 6.28. The van der Waals surface area contributed by atoms with E-state index < -0.39 is 6.36 Å². The first-order chi connectivity index (χ1) is 13.6. The van der Waals surface area contributed by atoms with Gasteiger partial charge in [-0.2, -0.15) is 0 Å². The number of anilines is 1. The van der Waals surface area contributed by atoms with E-state index in [0.717, 1.165) is 0 Å². The van der Waals surface area contributed by atoms with Gasteiger partial charge in [-0.25, -0.2) is 0 Å². The Balaban J connectivity index is 1.80. The number of nitrogen functional groups attached to an aromatic ring is 1. The van der Waals surface area contributed by atoms with Gasteiger partial charge in [0, 0.05) is 11.8 Å². The molecule has 0 radical (unpaired) electrons. The molecule has 0 aliphatic rings. The Morgan fingerprint density at radius 2 is 1.55 bits per heavy atom. The van der Waals surface area contributed by atoms with E-state index in [0.29, 0.717) is 11.3 Å². The Morgan fingerprint density at radius 3 is 2.14 bits per heavy atom. The topological polar surface area (TPSA) is 66.5 Å². The van der Waals surface area contributed by atoms with Crippen molar-refractivity contribution in [1.82, 2.24) is 4.57 Å². The number of alkyl halides is 3. The van der Waals surface area contributed by atoms with Crippen LogP contribution >= 0.6 is 23.2 Å². The third kappa shape index (κ3) is 5.58. The first kappa shape index (κ1) is 20.9. The minimum Gasteiger partial charge on any atom is -0.453 e. The monoisotopic (exact) mass is 444 g/mol. The number of hydrogen-bond acceptors (Lipinski definition) is 4. The largest absolute Gasteiger partial charge is 0.573 e. The van der Waals surface area contributed by atoms with Crippen molar-refractivity contribution >= 4 is 28.9 Å². The molecule has 0 saturated heterocycles. The fourth-order valence-electron chi connectivity index (χ4n) is 2.48. The molecule has 152 valence electrons. The maximum atomic E-state index is 12.2. The predicted molar refractivity (Wildman–Crippen MR) is 104 cm³/mol. The van der Waals surface area contributed by atoms with Crippen LogP contribution in [0.2, 0.25) is 10.0 Å². The van der Waals surface area contributed by atoms with Crippen molar-refractivity contribution < 1.29 is 22.6 Å². The number of aromatic nitrogens is 1. The summed E-state index contributed by atoms with van der Waals surface area (Å²) in [6.07, 6.45) is -3.33. The summed E-state index contributed by atoms with van der Waals surface area (Å²) in [6, 6.07) is 10.9. The van der Waals surface area contributed by atoms with Crippen molar-refractivity contribution in [3.63, 3.8) is 0 Å². The highest BCUT2D eigenvalue weighted by Crippen LogP contribution is 2.37. The number of benzene rings is 2. The lowest BCUT2D eigenvalue weighted by Crippen LogP contribution is -2.19. The Morgan fingerprint density at radius 1 is 0.966 bits per heavy atom. The minimum atomic E-state index is -4.77. The standard InChI is InChI=1S/C19H13Cl2F3N2O3/c20-15-7-12(25)8-16(21)18(15)28-14-5-6-17(27)26(10-14)9-11-1-3-13(4-2-11)29-19(22,23)24/h1-8,10H,9,25H2. The molecule has 0 aliphatic heterocycles. The summed E-state index contributed by atoms with van der Waals surface area (Å²) in [7, 11) is 0. The number of ether oxygens (including phenoxy) is 2. The van der Waals surface area contributed by atoms with Gasteiger partial charge in [0.05, 0.1) is 22.8 Å². The van der Waals surface area contributed by atoms with E-state index in [9.17, 15) is 18.0 Å². The number of halogens is 5. The van der Waals surface area contributed by atoms with Crippen LogP contribution in [0.3, 0.4) is 0 Å². The third-order valence-corrected chi connectivity index (χ3v) is 4.27. The van der Waals surface area contributed by atoms with Crippen molar-refractivity contribution in [3.8, 4) is 17.2 Å². The minimum absolute atomic E-state index is 0.103. The molecule has 2 N–H and O–H groups in total. The summed E-state index contributed by atoms with van der Waals surface area (Å²) in [5.74, 6) is 0.120. The Kier molecular flexibility index (Phi) is 5.95. The molecule has 3 aromatic rings. The van der Waals surface area contributed by atoms with Gasteiger partial charge in [0.25, 0.3) is 5.56 Å². The molecule has 5 nitrogen and oxygen atoms in total. The first-order valence-corrected chi connectivity index (χ1v) is 8.84. The second-order valence-electron chi connectivity index (χ2n) is 5.94. The van der Waals surface area contributed by atoms with E-state index in [-0.39, 0.29) is 39.4 Å². The van der Waals surface area contributed by atoms with Crippen molar-refractivity contribution in [2.75, 3.05) is 5.73 Å². The van der Waals surface area contributed by atoms with Crippen LogP contribution in [0.25, 0.3) is 0 Å². The van der Waals surface area contributed by atoms with Crippen LogP contribution in [0.1, 0.15) is 5.56 Å². The van der Waals surface area contributed by atoms with Gasteiger partial charge < -0.3 is 19.8 Å². The second-order valence-corrected chi connectivity index (χ2v) is 6.75. The van der Waals surface area contributed by atoms with Crippen LogP contribution in [0, 0.1) is 0 Å². The molecular formula is C19H13Cl2F3N2O3. The second kappa shape index (κ2) is 8.26. The number of pyridine rings is 1. The maximum Gasteiger partial charge on any atom is 0.573 e. The molecule has 0 aliphatic carbocycles. The quantitative estimate of drug-likeness (QED) is 0.529. The zero-order valence-corrected chi connectivity index (χ0v) is 16.1. The van der Waals surface area contributed by atoms with Gasteiger partial charge in [-0.3, -0.25) is 4.79 Å². The lowest BCUT2D eigenvalue weighted by atomic mass is 10.2. The van der Waals surface area contributed by atoms with Crippen LogP contribution in [-0.4, -0.2) is 10.9 Å². The van der Waals surface area contributed by atoms with Crippen molar-refractivity contribution in [2.24, 2.45) is 0 Å². The lowest BCUT2D eigenvalue weighted by Gasteiger charge is -2.13. The molecule has 0 fully saturated rings. The molecule has 1 aromatic heterocycles. The van der Waals surface area contributed by atoms with Crippen molar-refractivity contribution in [1.29, 1.82) is 0 Å². The van der Waals surface area contributed by atoms with Gasteiger partial charge >= 0.3 is 6.36 Å². The zero-order chi connectivity index (χ0) is 21.2. The fourth-order valence-corrected chi connectivity index (χ4v) is 3.06. The summed E-state index contributed by atoms with van der Waals surface area (Å²) < 4.78 is 47.5. The molecule has 0 amide bonds. The molecule has 0 unspecified atom stereocenters. The average molecular weight is 445 g/mol. The Bertz CT molecular complexity index is 1060. The molecule has 2 aromatic carbocycles. The van der Waals surface area contributed by atoms with E-state index in [4.69, 9.17) is 33.7 Å². The molecule has 1 heterocycles. The molecule has 0 bridgehead atoms. The first-order valence-electron chi connectivity index (χ1n) is 8.08. The van der Waals surface area contributed by atoms with E-state index in [2.05, 4.69) is 4.74 Å². The Hall–Kier alpha value is -2.84. The van der Waals surface area contributed by atoms with Gasteiger partial charge in [0.15, 0.2) is 5.75 Å². The molecule has 10 heteroatoms. The van der Waals surface area contributed by atoms with E-state index in [1.165, 1.54) is 59.3 Å². The van der Waals surface area contributed by atoms with E-state index in [1.807, 2.05) is 0 Å². The molecule has 0 saturated carbocycles. The van der Waals surface area contributed by atoms with Crippen LogP contribution in [0.5, 0.6) is 17.2 Å². The van der Waals surface area contributed by atoms with Crippen LogP contribution in [0.15, 0.2) is 59.5 Å². The van der Waals surface area contributed by atoms with Gasteiger partial charge in [-0.15, -0.1) is 13.2 Å². The SMILES string of the molecule is Nc1cc(Cl)c(Oc2ccc(=O)n(Cc3ccc(OC(F)(F)F)cc3)c2)c(Cl)c1. The van der Waals surface area contributed by atoms with Crippen LogP contribution < -0.4 is 20.8 Å². The van der Waals surface area contributed by atoms with Crippen LogP contribution in [0.4, 0.5) is 18.9 Å². The maximum absolute atomic E-state index is 12.2. The third-order valence-electron chi connectivity index (χ3n) is 3.71. The van der Waals surface area contributed by atoms with Crippen molar-refractivity contribution in [2.45, 2.75) is 12.9 Å². The fraction of sp³-hybridized carbons (Fsp3) is 0.105. The van der Waals surface area contributed by atoms with E-state index >= 15 is 0 Å². The number of rotatable bonds is 5. The summed E-state index contributed by atoms with van der Waals surface area (Å²) in [4.78, 5) is 12.1. The summed E-state index contributed by atoms with van der Waals surface area (Å²) in [6.45, 7) is 0.103. The highest BCUT2D eigenvalue weighted by atomic mass is 35.5. The molecule has 0 spiro atoms. The average Bonchev–Trinajstić information content (AvgIpc) is 2.61. The molecule has 3 rings (SSSR count). The number of nitrogens with two attached hydrogens (primary N) is 1. The van der Waals surface area contributed by atoms with Gasteiger partial charge in [0.2, 0.25) is 0 Å². The summed E-state index contributed by atoms with van der Waals surface area (Å²) in [5, 5.41) is 0.404. The van der Waals surface area contributed by atoms with Gasteiger partial charge in [-0.05, 0) is 35.9 Å². The Labute approximate surface area is 173 Å². The smallest absolute Gasteiger partial charge is 0.453 e. The predicted octanol–water partition coefficient (Wildman–Crippen LogP) is 5.48. The highest BCUT2D eigenvalue weighted by Gasteiger charge is 2.30. The molecule has 0 atom stereocenters. The van der Waals surface area contributed by atoms with Gasteiger partial charge in [0.1, 0.15) is 11.5 Å². The lowest BCUT2D eigenvalue weighted by molar-refractivity contribution is -0.274. The van der Waals surface area contributed by atoms with Crippen molar-refractivity contribution in [3.05, 3.63) is 80.7 Å². The highest BCUT2D eigenvalue weighted by molar-refractivity contribution is 6.37.